The number of pyridine rings is 1. The minimum absolute atomic E-state index is 0.0339. The van der Waals surface area contributed by atoms with Gasteiger partial charge in [0.25, 0.3) is 0 Å². The van der Waals surface area contributed by atoms with E-state index >= 15 is 0 Å². The number of nitrogens with two attached hydrogens (primary N) is 1. The number of carbonyl (C=O) groups is 2. The fraction of sp³-hybridized carbons (Fsp3) is 0.333. The summed E-state index contributed by atoms with van der Waals surface area (Å²) in [4.78, 5) is 30.3. The number of aromatic nitrogens is 2. The van der Waals surface area contributed by atoms with Crippen LogP contribution in [0.25, 0.3) is 0 Å². The molecule has 9 nitrogen and oxygen atoms in total. The van der Waals surface area contributed by atoms with Gasteiger partial charge >= 0.3 is 0 Å². The van der Waals surface area contributed by atoms with E-state index in [1.807, 2.05) is 6.07 Å². The first-order valence-electron chi connectivity index (χ1n) is 8.55. The number of anilines is 2. The fourth-order valence-corrected chi connectivity index (χ4v) is 4.35. The van der Waals surface area contributed by atoms with E-state index in [-0.39, 0.29) is 40.1 Å². The molecule has 28 heavy (non-hydrogen) atoms. The predicted octanol–water partition coefficient (Wildman–Crippen LogP) is 2.01. The SMILES string of the molecule is Cc1cc(N2C(=O)CC(Sc3nc(N)c(C#N)c(C4CC4)c3C#N)C2=O)no1. The van der Waals surface area contributed by atoms with E-state index < -0.39 is 17.1 Å². The molecule has 10 heteroatoms. The number of thioether (sulfide) groups is 1. The number of hydrogen-bond donors (Lipinski definition) is 1. The Morgan fingerprint density at radius 3 is 2.57 bits per heavy atom. The number of carbonyl (C=O) groups excluding carboxylic acids is 2. The van der Waals surface area contributed by atoms with Crippen molar-refractivity contribution < 1.29 is 14.1 Å². The molecule has 1 unspecified atom stereocenters. The molecule has 2 fully saturated rings. The van der Waals surface area contributed by atoms with E-state index in [0.29, 0.717) is 11.3 Å². The quantitative estimate of drug-likeness (QED) is 0.768. The predicted molar refractivity (Wildman–Crippen MR) is 98.0 cm³/mol. The van der Waals surface area contributed by atoms with Gasteiger partial charge in [0.1, 0.15) is 28.7 Å². The number of hydrogen-bond acceptors (Lipinski definition) is 9. The molecule has 1 atom stereocenters. The van der Waals surface area contributed by atoms with Crippen LogP contribution in [-0.2, 0) is 9.59 Å². The van der Waals surface area contributed by atoms with Crippen molar-refractivity contribution in [2.45, 2.75) is 42.4 Å². The van der Waals surface area contributed by atoms with Gasteiger partial charge in [-0.15, -0.1) is 0 Å². The number of aryl methyl sites for hydroxylation is 1. The maximum Gasteiger partial charge on any atom is 0.249 e. The smallest absolute Gasteiger partial charge is 0.249 e. The Balaban J connectivity index is 1.68. The average Bonchev–Trinajstić information content (AvgIpc) is 3.35. The van der Waals surface area contributed by atoms with Crippen LogP contribution in [0.3, 0.4) is 0 Å². The van der Waals surface area contributed by atoms with Gasteiger partial charge in [0, 0.05) is 12.5 Å². The molecule has 0 spiro atoms. The van der Waals surface area contributed by atoms with Gasteiger partial charge in [-0.25, -0.2) is 9.88 Å². The zero-order valence-electron chi connectivity index (χ0n) is 14.8. The van der Waals surface area contributed by atoms with Gasteiger partial charge in [0.15, 0.2) is 5.82 Å². The number of nitrogen functional groups attached to an aromatic ring is 1. The van der Waals surface area contributed by atoms with Crippen LogP contribution < -0.4 is 10.6 Å². The van der Waals surface area contributed by atoms with Crippen LogP contribution in [0, 0.1) is 29.6 Å². The summed E-state index contributed by atoms with van der Waals surface area (Å²) >= 11 is 1.02. The summed E-state index contributed by atoms with van der Waals surface area (Å²) in [5, 5.41) is 22.3. The monoisotopic (exact) mass is 394 g/mol. The highest BCUT2D eigenvalue weighted by atomic mass is 32.2. The molecule has 2 aromatic heterocycles. The molecule has 2 amide bonds. The third kappa shape index (κ3) is 2.88. The van der Waals surface area contributed by atoms with Crippen LogP contribution in [0.2, 0.25) is 0 Å². The third-order valence-corrected chi connectivity index (χ3v) is 5.82. The topological polar surface area (TPSA) is 150 Å². The van der Waals surface area contributed by atoms with Gasteiger partial charge in [0.2, 0.25) is 11.8 Å². The van der Waals surface area contributed by atoms with Gasteiger partial charge < -0.3 is 10.3 Å². The lowest BCUT2D eigenvalue weighted by Crippen LogP contribution is -2.31. The molecule has 1 aliphatic heterocycles. The van der Waals surface area contributed by atoms with Gasteiger partial charge in [0.05, 0.1) is 16.4 Å². The van der Waals surface area contributed by atoms with Crippen LogP contribution in [-0.4, -0.2) is 27.2 Å². The fourth-order valence-electron chi connectivity index (χ4n) is 3.22. The van der Waals surface area contributed by atoms with E-state index in [2.05, 4.69) is 16.2 Å². The van der Waals surface area contributed by atoms with Crippen molar-refractivity contribution in [2.75, 3.05) is 10.6 Å². The molecule has 1 saturated carbocycles. The Hall–Kier alpha value is -3.37. The number of nitrogens with zero attached hydrogens (tertiary/aromatic N) is 5. The van der Waals surface area contributed by atoms with E-state index in [1.165, 1.54) is 6.07 Å². The summed E-state index contributed by atoms with van der Waals surface area (Å²) in [7, 11) is 0. The first-order valence-corrected chi connectivity index (χ1v) is 9.42. The molecule has 2 N–H and O–H groups in total. The number of imide groups is 1. The first-order chi connectivity index (χ1) is 13.4. The van der Waals surface area contributed by atoms with Crippen LogP contribution >= 0.6 is 11.8 Å². The van der Waals surface area contributed by atoms with Crippen LogP contribution in [0.5, 0.6) is 0 Å². The van der Waals surface area contributed by atoms with Crippen molar-refractivity contribution in [3.8, 4) is 12.1 Å². The molecule has 0 aromatic carbocycles. The summed E-state index contributed by atoms with van der Waals surface area (Å²) in [5.41, 5.74) is 7.01. The van der Waals surface area contributed by atoms with Gasteiger partial charge in [-0.05, 0) is 31.2 Å². The summed E-state index contributed by atoms with van der Waals surface area (Å²) in [5.74, 6) is -0.101. The molecule has 2 aliphatic rings. The standard InChI is InChI=1S/C18H14N6O3S/c1-8-4-13(23-27-8)24-14(25)5-12(18(24)26)28-17-11(7-20)15(9-2-3-9)10(6-19)16(21)22-17/h4,9,12H,2-3,5H2,1H3,(H2,21,22). The van der Waals surface area contributed by atoms with Gasteiger partial charge in [-0.3, -0.25) is 9.59 Å². The zero-order chi connectivity index (χ0) is 20.0. The lowest BCUT2D eigenvalue weighted by Gasteiger charge is -2.14. The van der Waals surface area contributed by atoms with Crippen LogP contribution in [0.15, 0.2) is 15.6 Å². The minimum atomic E-state index is -0.761. The molecule has 140 valence electrons. The Bertz CT molecular complexity index is 1090. The molecule has 2 aromatic rings. The Labute approximate surface area is 164 Å². The van der Waals surface area contributed by atoms with E-state index in [0.717, 1.165) is 29.5 Å². The molecule has 1 aliphatic carbocycles. The van der Waals surface area contributed by atoms with E-state index in [1.54, 1.807) is 6.92 Å². The average molecular weight is 394 g/mol. The normalized spacial score (nSPS) is 19.0. The molecule has 4 rings (SSSR count). The zero-order valence-corrected chi connectivity index (χ0v) is 15.6. The largest absolute Gasteiger partial charge is 0.383 e. The second-order valence-electron chi connectivity index (χ2n) is 6.64. The lowest BCUT2D eigenvalue weighted by molar-refractivity contribution is -0.121. The molecule has 0 bridgehead atoms. The van der Waals surface area contributed by atoms with Crippen LogP contribution in [0.1, 0.15) is 47.6 Å². The van der Waals surface area contributed by atoms with Crippen LogP contribution in [0.4, 0.5) is 11.6 Å². The van der Waals surface area contributed by atoms with Crippen molar-refractivity contribution >= 4 is 35.2 Å². The second-order valence-corrected chi connectivity index (χ2v) is 7.83. The van der Waals surface area contributed by atoms with Crippen molar-refractivity contribution in [1.29, 1.82) is 10.5 Å². The summed E-state index contributed by atoms with van der Waals surface area (Å²) in [6, 6.07) is 5.64. The highest BCUT2D eigenvalue weighted by molar-refractivity contribution is 8.00. The van der Waals surface area contributed by atoms with Gasteiger partial charge in [-0.2, -0.15) is 10.5 Å². The van der Waals surface area contributed by atoms with Crippen molar-refractivity contribution in [3.63, 3.8) is 0 Å². The first kappa shape index (κ1) is 18.0. The third-order valence-electron chi connectivity index (χ3n) is 4.64. The lowest BCUT2D eigenvalue weighted by atomic mass is 10.0. The molecule has 0 radical (unpaired) electrons. The number of nitriles is 2. The number of amides is 2. The van der Waals surface area contributed by atoms with Crippen molar-refractivity contribution in [2.24, 2.45) is 0 Å². The minimum Gasteiger partial charge on any atom is -0.383 e. The van der Waals surface area contributed by atoms with E-state index in [9.17, 15) is 20.1 Å². The molecule has 1 saturated heterocycles. The Morgan fingerprint density at radius 2 is 2.00 bits per heavy atom. The molecule has 3 heterocycles. The summed E-state index contributed by atoms with van der Waals surface area (Å²) in [6.07, 6.45) is 1.69. The molecular formula is C18H14N6O3S. The summed E-state index contributed by atoms with van der Waals surface area (Å²) in [6.45, 7) is 1.66. The maximum atomic E-state index is 12.8. The van der Waals surface area contributed by atoms with Gasteiger partial charge in [-0.1, -0.05) is 16.9 Å². The Morgan fingerprint density at radius 1 is 1.29 bits per heavy atom. The second kappa shape index (κ2) is 6.66. The summed E-state index contributed by atoms with van der Waals surface area (Å²) < 4.78 is 4.95. The highest BCUT2D eigenvalue weighted by Gasteiger charge is 2.43. The van der Waals surface area contributed by atoms with E-state index in [4.69, 9.17) is 10.3 Å². The highest BCUT2D eigenvalue weighted by Crippen LogP contribution is 2.46. The van der Waals surface area contributed by atoms with Crippen molar-refractivity contribution in [3.05, 3.63) is 28.5 Å². The molecular weight excluding hydrogens is 380 g/mol. The van der Waals surface area contributed by atoms with Crippen molar-refractivity contribution in [1.82, 2.24) is 10.1 Å². The maximum absolute atomic E-state index is 12.8. The number of rotatable bonds is 4. The Kier molecular flexibility index (Phi) is 4.28.